The Hall–Kier alpha value is -2.48. The van der Waals surface area contributed by atoms with Crippen LogP contribution in [0.25, 0.3) is 10.9 Å². The Morgan fingerprint density at radius 1 is 1.55 bits per heavy atom. The Bertz CT molecular complexity index is 699. The monoisotopic (exact) mass is 269 g/mol. The highest BCUT2D eigenvalue weighted by atomic mass is 16.6. The number of aromatic amines is 1. The lowest BCUT2D eigenvalue weighted by Crippen LogP contribution is -2.39. The molecule has 1 unspecified atom stereocenters. The number of ether oxygens (including phenoxy) is 1. The molecule has 0 saturated carbocycles. The average molecular weight is 269 g/mol. The first-order chi connectivity index (χ1) is 9.76. The van der Waals surface area contributed by atoms with Crippen molar-refractivity contribution >= 4 is 17.0 Å². The first kappa shape index (κ1) is 12.5. The molecule has 1 aromatic carbocycles. The number of hydrogen-bond donors (Lipinski definition) is 1. The maximum atomic E-state index is 11.9. The van der Waals surface area contributed by atoms with E-state index in [2.05, 4.69) is 11.1 Å². The molecule has 0 spiro atoms. The Labute approximate surface area is 116 Å². The molecule has 3 rings (SSSR count). The van der Waals surface area contributed by atoms with Gasteiger partial charge in [-0.25, -0.2) is 4.79 Å². The van der Waals surface area contributed by atoms with Crippen molar-refractivity contribution in [3.05, 3.63) is 35.5 Å². The van der Waals surface area contributed by atoms with E-state index >= 15 is 0 Å². The zero-order valence-corrected chi connectivity index (χ0v) is 11.2. The summed E-state index contributed by atoms with van der Waals surface area (Å²) >= 11 is 0. The summed E-state index contributed by atoms with van der Waals surface area (Å²) in [5.41, 5.74) is 2.95. The lowest BCUT2D eigenvalue weighted by atomic mass is 9.98. The number of benzene rings is 1. The summed E-state index contributed by atoms with van der Waals surface area (Å²) < 4.78 is 5.02. The van der Waals surface area contributed by atoms with Crippen LogP contribution in [-0.4, -0.2) is 29.1 Å². The van der Waals surface area contributed by atoms with E-state index < -0.39 is 12.1 Å². The molecule has 1 aliphatic rings. The van der Waals surface area contributed by atoms with Crippen LogP contribution in [0.3, 0.4) is 0 Å². The summed E-state index contributed by atoms with van der Waals surface area (Å²) in [6.07, 6.45) is 0.305. The van der Waals surface area contributed by atoms with Crippen molar-refractivity contribution in [3.8, 4) is 6.07 Å². The standard InChI is InChI=1S/C15H15N3O2/c1-2-20-15(19)18-8-7-11-10-5-3-4-6-12(10)17-14(11)13(18)9-16/h3-6,13,17H,2,7-8H2,1H3. The third-order valence-corrected chi connectivity index (χ3v) is 3.66. The van der Waals surface area contributed by atoms with Gasteiger partial charge in [0.05, 0.1) is 18.4 Å². The van der Waals surface area contributed by atoms with Crippen molar-refractivity contribution in [2.75, 3.05) is 13.2 Å². The number of aromatic nitrogens is 1. The van der Waals surface area contributed by atoms with Gasteiger partial charge in [-0.1, -0.05) is 18.2 Å². The molecule has 1 atom stereocenters. The van der Waals surface area contributed by atoms with E-state index in [1.807, 2.05) is 24.3 Å². The van der Waals surface area contributed by atoms with E-state index in [9.17, 15) is 10.1 Å². The van der Waals surface area contributed by atoms with Crippen LogP contribution in [0.2, 0.25) is 0 Å². The van der Waals surface area contributed by atoms with E-state index in [1.54, 1.807) is 6.92 Å². The molecule has 20 heavy (non-hydrogen) atoms. The van der Waals surface area contributed by atoms with E-state index in [0.29, 0.717) is 13.2 Å². The molecule has 1 amide bonds. The molecule has 1 aromatic heterocycles. The molecule has 0 fully saturated rings. The van der Waals surface area contributed by atoms with Gasteiger partial charge in [0.1, 0.15) is 0 Å². The van der Waals surface area contributed by atoms with Gasteiger partial charge >= 0.3 is 6.09 Å². The minimum absolute atomic E-state index is 0.313. The van der Waals surface area contributed by atoms with Crippen molar-refractivity contribution in [2.24, 2.45) is 0 Å². The highest BCUT2D eigenvalue weighted by Gasteiger charge is 2.34. The molecular formula is C15H15N3O2. The summed E-state index contributed by atoms with van der Waals surface area (Å²) in [5, 5.41) is 10.6. The summed E-state index contributed by atoms with van der Waals surface area (Å²) in [7, 11) is 0. The first-order valence-electron chi connectivity index (χ1n) is 6.68. The van der Waals surface area contributed by atoms with Crippen molar-refractivity contribution in [3.63, 3.8) is 0 Å². The Balaban J connectivity index is 2.05. The van der Waals surface area contributed by atoms with Gasteiger partial charge in [0, 0.05) is 17.4 Å². The number of hydrogen-bond acceptors (Lipinski definition) is 3. The van der Waals surface area contributed by atoms with Gasteiger partial charge < -0.3 is 9.72 Å². The van der Waals surface area contributed by atoms with Gasteiger partial charge in [0.25, 0.3) is 0 Å². The number of amides is 1. The summed E-state index contributed by atoms with van der Waals surface area (Å²) in [5.74, 6) is 0. The first-order valence-corrected chi connectivity index (χ1v) is 6.68. The molecule has 0 bridgehead atoms. The van der Waals surface area contributed by atoms with Crippen LogP contribution >= 0.6 is 0 Å². The minimum Gasteiger partial charge on any atom is -0.450 e. The molecule has 1 N–H and O–H groups in total. The number of nitrogens with zero attached hydrogens (tertiary/aromatic N) is 2. The van der Waals surface area contributed by atoms with Gasteiger partial charge in [-0.2, -0.15) is 5.26 Å². The van der Waals surface area contributed by atoms with E-state index in [-0.39, 0.29) is 0 Å². The molecule has 0 saturated heterocycles. The SMILES string of the molecule is CCOC(=O)N1CCc2c([nH]c3ccccc23)C1C#N. The van der Waals surface area contributed by atoms with Gasteiger partial charge in [0.2, 0.25) is 0 Å². The predicted molar refractivity (Wildman–Crippen MR) is 74.1 cm³/mol. The van der Waals surface area contributed by atoms with Crippen LogP contribution in [-0.2, 0) is 11.2 Å². The predicted octanol–water partition coefficient (Wildman–Crippen LogP) is 2.75. The van der Waals surface area contributed by atoms with E-state index in [0.717, 1.165) is 28.6 Å². The van der Waals surface area contributed by atoms with Gasteiger partial charge in [-0.15, -0.1) is 0 Å². The van der Waals surface area contributed by atoms with Crippen LogP contribution in [0.15, 0.2) is 24.3 Å². The Kier molecular flexibility index (Phi) is 3.07. The number of rotatable bonds is 1. The quantitative estimate of drug-likeness (QED) is 0.865. The molecule has 5 heteroatoms. The smallest absolute Gasteiger partial charge is 0.411 e. The molecule has 0 radical (unpaired) electrons. The normalized spacial score (nSPS) is 17.6. The second kappa shape index (κ2) is 4.89. The third-order valence-electron chi connectivity index (χ3n) is 3.66. The lowest BCUT2D eigenvalue weighted by molar-refractivity contribution is 0.0956. The number of H-pyrrole nitrogens is 1. The minimum atomic E-state index is -0.606. The molecule has 1 aliphatic heterocycles. The zero-order valence-electron chi connectivity index (χ0n) is 11.2. The maximum absolute atomic E-state index is 11.9. The van der Waals surface area contributed by atoms with Crippen LogP contribution in [0.1, 0.15) is 24.2 Å². The summed E-state index contributed by atoms with van der Waals surface area (Å²) in [4.78, 5) is 16.7. The van der Waals surface area contributed by atoms with Crippen LogP contribution in [0.5, 0.6) is 0 Å². The Morgan fingerprint density at radius 2 is 2.35 bits per heavy atom. The molecule has 0 aliphatic carbocycles. The number of carbonyl (C=O) groups is 1. The molecular weight excluding hydrogens is 254 g/mol. The fraction of sp³-hybridized carbons (Fsp3) is 0.333. The van der Waals surface area contributed by atoms with Gasteiger partial charge in [-0.3, -0.25) is 4.90 Å². The van der Waals surface area contributed by atoms with Gasteiger partial charge in [-0.05, 0) is 25.0 Å². The molecule has 102 valence electrons. The number of carbonyl (C=O) groups excluding carboxylic acids is 1. The number of fused-ring (bicyclic) bond motifs is 3. The largest absolute Gasteiger partial charge is 0.450 e. The third kappa shape index (κ3) is 1.81. The molecule has 5 nitrogen and oxygen atoms in total. The summed E-state index contributed by atoms with van der Waals surface area (Å²) in [6.45, 7) is 2.58. The highest BCUT2D eigenvalue weighted by Crippen LogP contribution is 2.34. The van der Waals surface area contributed by atoms with E-state index in [4.69, 9.17) is 4.74 Å². The zero-order chi connectivity index (χ0) is 14.1. The van der Waals surface area contributed by atoms with Crippen LogP contribution in [0, 0.1) is 11.3 Å². The highest BCUT2D eigenvalue weighted by molar-refractivity contribution is 5.86. The summed E-state index contributed by atoms with van der Waals surface area (Å²) in [6, 6.07) is 9.56. The fourth-order valence-corrected chi connectivity index (χ4v) is 2.78. The lowest BCUT2D eigenvalue weighted by Gasteiger charge is -2.30. The fourth-order valence-electron chi connectivity index (χ4n) is 2.78. The average Bonchev–Trinajstić information content (AvgIpc) is 2.85. The topological polar surface area (TPSA) is 69.1 Å². The van der Waals surface area contributed by atoms with E-state index in [1.165, 1.54) is 4.90 Å². The van der Waals surface area contributed by atoms with Crippen LogP contribution < -0.4 is 0 Å². The molecule has 2 heterocycles. The van der Waals surface area contributed by atoms with Crippen molar-refractivity contribution in [2.45, 2.75) is 19.4 Å². The Morgan fingerprint density at radius 3 is 3.10 bits per heavy atom. The second-order valence-corrected chi connectivity index (χ2v) is 4.74. The number of nitriles is 1. The number of nitrogens with one attached hydrogen (secondary N) is 1. The van der Waals surface area contributed by atoms with Crippen molar-refractivity contribution < 1.29 is 9.53 Å². The van der Waals surface area contributed by atoms with Crippen molar-refractivity contribution in [1.29, 1.82) is 5.26 Å². The second-order valence-electron chi connectivity index (χ2n) is 4.74. The van der Waals surface area contributed by atoms with Crippen molar-refractivity contribution in [1.82, 2.24) is 9.88 Å². The van der Waals surface area contributed by atoms with Gasteiger partial charge in [0.15, 0.2) is 6.04 Å². The maximum Gasteiger partial charge on any atom is 0.411 e. The number of para-hydroxylation sites is 1. The molecule has 2 aromatic rings. The van der Waals surface area contributed by atoms with Crippen LogP contribution in [0.4, 0.5) is 4.79 Å².